The minimum absolute atomic E-state index is 0.0561. The molecular formula is C42H59NO11. The summed E-state index contributed by atoms with van der Waals surface area (Å²) in [5.41, 5.74) is -0.258. The lowest BCUT2D eigenvalue weighted by molar-refractivity contribution is -0.312. The van der Waals surface area contributed by atoms with Gasteiger partial charge in [0, 0.05) is 68.7 Å². The van der Waals surface area contributed by atoms with Crippen LogP contribution in [0.5, 0.6) is 11.5 Å². The highest BCUT2D eigenvalue weighted by Crippen LogP contribution is 2.78. The summed E-state index contributed by atoms with van der Waals surface area (Å²) in [7, 11) is 1.78. The molecule has 12 nitrogen and oxygen atoms in total. The lowest BCUT2D eigenvalue weighted by Crippen LogP contribution is -2.83. The van der Waals surface area contributed by atoms with Crippen molar-refractivity contribution in [2.75, 3.05) is 33.4 Å². The maximum Gasteiger partial charge on any atom is 0.311 e. The zero-order chi connectivity index (χ0) is 39.0. The Morgan fingerprint density at radius 1 is 0.981 bits per heavy atom. The van der Waals surface area contributed by atoms with E-state index in [1.54, 1.807) is 14.0 Å². The molecule has 0 amide bonds. The molecule has 54 heavy (non-hydrogen) atoms. The summed E-state index contributed by atoms with van der Waals surface area (Å²) in [5, 5.41) is 12.5. The van der Waals surface area contributed by atoms with Crippen LogP contribution in [-0.2, 0) is 50.0 Å². The topological polar surface area (TPSA) is 147 Å². The number of rotatable bonds is 14. The molecule has 0 aromatic heterocycles. The molecule has 5 aliphatic carbocycles. The van der Waals surface area contributed by atoms with Crippen molar-refractivity contribution in [3.63, 3.8) is 0 Å². The fourth-order valence-electron chi connectivity index (χ4n) is 11.2. The van der Waals surface area contributed by atoms with Crippen molar-refractivity contribution in [1.82, 2.24) is 4.90 Å². The molecule has 1 aromatic carbocycles. The first-order chi connectivity index (χ1) is 25.4. The van der Waals surface area contributed by atoms with E-state index in [9.17, 15) is 24.3 Å². The third kappa shape index (κ3) is 6.22. The summed E-state index contributed by atoms with van der Waals surface area (Å²) in [4.78, 5) is 51.8. The molecule has 0 radical (unpaired) electrons. The molecule has 7 aliphatic rings. The van der Waals surface area contributed by atoms with Gasteiger partial charge >= 0.3 is 23.9 Å². The number of hydrogen-bond acceptors (Lipinski definition) is 12. The zero-order valence-electron chi connectivity index (χ0n) is 33.3. The van der Waals surface area contributed by atoms with E-state index in [2.05, 4.69) is 31.7 Å². The maximum absolute atomic E-state index is 13.6. The van der Waals surface area contributed by atoms with E-state index in [4.69, 9.17) is 28.4 Å². The summed E-state index contributed by atoms with van der Waals surface area (Å²) in [6.45, 7) is 14.1. The predicted octanol–water partition coefficient (Wildman–Crippen LogP) is 5.07. The van der Waals surface area contributed by atoms with Gasteiger partial charge in [-0.15, -0.1) is 0 Å². The standard InChI is InChI=1S/C42H59NO11/c1-24(17-33(46)52-29(22-50-25(2)44)23-51-26(3)45)18-34(47)53-30-12-11-28-19-32-40-13-14-42(49-8,31(20-40)39(7,48)38(4,5)6)37-41(40,35(28)36(30)54-37)15-16-43(32)21-27-9-10-27/h11-12,24,27,29,31-32,37,48H,9-10,13-23H2,1-8H3/t24?,31-,32?,37-,39+,40-,41+,42+/m1/s1. The highest BCUT2D eigenvalue weighted by atomic mass is 16.6. The second-order valence-electron chi connectivity index (χ2n) is 18.5. The normalized spacial score (nSPS) is 32.2. The van der Waals surface area contributed by atoms with Crippen molar-refractivity contribution in [1.29, 1.82) is 0 Å². The summed E-state index contributed by atoms with van der Waals surface area (Å²) < 4.78 is 35.4. The van der Waals surface area contributed by atoms with Crippen LogP contribution >= 0.6 is 0 Å². The lowest BCUT2D eigenvalue weighted by atomic mass is 9.33. The van der Waals surface area contributed by atoms with E-state index < -0.39 is 52.5 Å². The quantitative estimate of drug-likeness (QED) is 0.154. The number of likely N-dealkylation sites (tertiary alicyclic amines) is 1. The monoisotopic (exact) mass is 753 g/mol. The van der Waals surface area contributed by atoms with Gasteiger partial charge < -0.3 is 33.5 Å². The molecule has 2 aliphatic heterocycles. The third-order valence-corrected chi connectivity index (χ3v) is 14.3. The average molecular weight is 754 g/mol. The minimum atomic E-state index is -1.04. The summed E-state index contributed by atoms with van der Waals surface area (Å²) in [5.74, 6) is -1.08. The highest BCUT2D eigenvalue weighted by molar-refractivity contribution is 5.77. The number of aliphatic hydroxyl groups is 1. The number of hydrogen-bond donors (Lipinski definition) is 1. The summed E-state index contributed by atoms with van der Waals surface area (Å²) >= 11 is 0. The summed E-state index contributed by atoms with van der Waals surface area (Å²) in [6, 6.07) is 4.30. The second kappa shape index (κ2) is 13.8. The SMILES string of the molecule is CO[C@@]12CC[C@@]3(C[C@@H]1[C@](C)(O)C(C)(C)C)C1Cc4ccc(OC(=O)CC(C)CC(=O)OC(COC(C)=O)COC(C)=O)c5c4[C@@]3(CCN1CC1CC1)[C@H]2O5. The molecule has 8 atom stereocenters. The van der Waals surface area contributed by atoms with Gasteiger partial charge in [-0.1, -0.05) is 33.8 Å². The molecule has 298 valence electrons. The molecule has 2 heterocycles. The Balaban J connectivity index is 1.15. The van der Waals surface area contributed by atoms with Crippen LogP contribution in [0.1, 0.15) is 111 Å². The van der Waals surface area contributed by atoms with E-state index in [-0.39, 0.29) is 48.9 Å². The first-order valence-corrected chi connectivity index (χ1v) is 19.9. The van der Waals surface area contributed by atoms with E-state index >= 15 is 0 Å². The number of methoxy groups -OCH3 is 1. The predicted molar refractivity (Wildman–Crippen MR) is 196 cm³/mol. The number of ether oxygens (including phenoxy) is 6. The molecule has 1 N–H and O–H groups in total. The van der Waals surface area contributed by atoms with E-state index in [0.717, 1.165) is 51.1 Å². The van der Waals surface area contributed by atoms with Gasteiger partial charge in [-0.2, -0.15) is 0 Å². The molecule has 1 aromatic rings. The molecule has 12 heteroatoms. The molecule has 8 rings (SSSR count). The van der Waals surface area contributed by atoms with Crippen LogP contribution in [-0.4, -0.2) is 96.7 Å². The van der Waals surface area contributed by atoms with E-state index in [1.807, 2.05) is 13.0 Å². The first-order valence-electron chi connectivity index (χ1n) is 19.9. The number of carbonyl (C=O) groups excluding carboxylic acids is 4. The second-order valence-corrected chi connectivity index (χ2v) is 18.5. The Hall–Kier alpha value is -3.22. The minimum Gasteiger partial charge on any atom is -0.482 e. The van der Waals surface area contributed by atoms with Crippen molar-refractivity contribution in [3.05, 3.63) is 23.3 Å². The molecule has 5 fully saturated rings. The highest BCUT2D eigenvalue weighted by Gasteiger charge is 2.82. The Bertz CT molecular complexity index is 1660. The van der Waals surface area contributed by atoms with Crippen molar-refractivity contribution in [2.24, 2.45) is 28.6 Å². The van der Waals surface area contributed by atoms with Gasteiger partial charge in [-0.25, -0.2) is 0 Å². The van der Waals surface area contributed by atoms with Crippen LogP contribution in [0.15, 0.2) is 12.1 Å². The van der Waals surface area contributed by atoms with Gasteiger partial charge in [0.05, 0.1) is 5.60 Å². The van der Waals surface area contributed by atoms with E-state index in [0.29, 0.717) is 17.5 Å². The van der Waals surface area contributed by atoms with Crippen LogP contribution in [0.4, 0.5) is 0 Å². The van der Waals surface area contributed by atoms with Crippen molar-refractivity contribution in [3.8, 4) is 11.5 Å². The summed E-state index contributed by atoms with van der Waals surface area (Å²) in [6.07, 6.45) is 5.54. The number of fused-ring (bicyclic) bond motifs is 2. The van der Waals surface area contributed by atoms with Crippen molar-refractivity contribution >= 4 is 23.9 Å². The number of nitrogens with zero attached hydrogens (tertiary/aromatic N) is 1. The van der Waals surface area contributed by atoms with Crippen LogP contribution in [0.2, 0.25) is 0 Å². The molecule has 4 bridgehead atoms. The lowest BCUT2D eigenvalue weighted by Gasteiger charge is -2.75. The number of benzene rings is 1. The third-order valence-electron chi connectivity index (χ3n) is 14.3. The Kier molecular flexibility index (Phi) is 9.95. The molecule has 4 saturated carbocycles. The average Bonchev–Trinajstić information content (AvgIpc) is 3.83. The van der Waals surface area contributed by atoms with Crippen LogP contribution in [0, 0.1) is 28.6 Å². The molecule has 2 spiro atoms. The van der Waals surface area contributed by atoms with Gasteiger partial charge in [0.2, 0.25) is 0 Å². The zero-order valence-corrected chi connectivity index (χ0v) is 33.3. The fraction of sp³-hybridized carbons (Fsp3) is 0.762. The molecule has 2 unspecified atom stereocenters. The maximum atomic E-state index is 13.6. The van der Waals surface area contributed by atoms with Crippen molar-refractivity contribution in [2.45, 2.75) is 141 Å². The number of piperidine rings is 1. The van der Waals surface area contributed by atoms with E-state index in [1.165, 1.54) is 37.8 Å². The van der Waals surface area contributed by atoms with Gasteiger partial charge in [-0.3, -0.25) is 24.1 Å². The Morgan fingerprint density at radius 3 is 2.26 bits per heavy atom. The molecule has 1 saturated heterocycles. The van der Waals surface area contributed by atoms with Crippen LogP contribution in [0.25, 0.3) is 0 Å². The Morgan fingerprint density at radius 2 is 1.65 bits per heavy atom. The van der Waals surface area contributed by atoms with Crippen molar-refractivity contribution < 1.29 is 52.7 Å². The largest absolute Gasteiger partial charge is 0.482 e. The van der Waals surface area contributed by atoms with Crippen LogP contribution in [0.3, 0.4) is 0 Å². The Labute approximate surface area is 318 Å². The fourth-order valence-corrected chi connectivity index (χ4v) is 11.2. The van der Waals surface area contributed by atoms with Gasteiger partial charge in [-0.05, 0) is 87.3 Å². The number of esters is 4. The van der Waals surface area contributed by atoms with Crippen LogP contribution < -0.4 is 9.47 Å². The molecular weight excluding hydrogens is 694 g/mol. The van der Waals surface area contributed by atoms with Gasteiger partial charge in [0.1, 0.15) is 24.9 Å². The van der Waals surface area contributed by atoms with Gasteiger partial charge in [0.25, 0.3) is 0 Å². The smallest absolute Gasteiger partial charge is 0.311 e. The van der Waals surface area contributed by atoms with Gasteiger partial charge in [0.15, 0.2) is 17.6 Å². The first kappa shape index (κ1) is 39.0. The number of carbonyl (C=O) groups is 4.